The van der Waals surface area contributed by atoms with Crippen LogP contribution in [0.25, 0.3) is 10.6 Å². The molecule has 0 bridgehead atoms. The van der Waals surface area contributed by atoms with Crippen molar-refractivity contribution in [3.63, 3.8) is 0 Å². The van der Waals surface area contributed by atoms with Crippen LogP contribution in [0.4, 0.5) is 13.2 Å². The molecule has 0 atom stereocenters. The lowest BCUT2D eigenvalue weighted by Crippen LogP contribution is -2.21. The minimum Gasteiger partial charge on any atom is -0.468 e. The smallest absolute Gasteiger partial charge is 0.430 e. The molecule has 1 aromatic heterocycles. The molecule has 0 aliphatic carbocycles. The first kappa shape index (κ1) is 22.5. The van der Waals surface area contributed by atoms with Crippen molar-refractivity contribution in [2.45, 2.75) is 11.1 Å². The van der Waals surface area contributed by atoms with Gasteiger partial charge in [-0.05, 0) is 18.2 Å². The van der Waals surface area contributed by atoms with E-state index in [4.69, 9.17) is 5.73 Å². The second kappa shape index (κ2) is 8.69. The number of nitrogens with zero attached hydrogens (tertiary/aromatic N) is 3. The van der Waals surface area contributed by atoms with Gasteiger partial charge in [0.1, 0.15) is 17.2 Å². The fraction of sp³-hybridized carbons (Fsp3) is 0.250. The van der Waals surface area contributed by atoms with E-state index < -0.39 is 34.2 Å². The van der Waals surface area contributed by atoms with Gasteiger partial charge in [-0.1, -0.05) is 23.5 Å². The Morgan fingerprint density at radius 3 is 2.62 bits per heavy atom. The number of nitrogens with two attached hydrogens (primary N) is 1. The summed E-state index contributed by atoms with van der Waals surface area (Å²) in [6.07, 6.45) is -3.22. The van der Waals surface area contributed by atoms with E-state index in [1.54, 1.807) is 6.07 Å². The van der Waals surface area contributed by atoms with Crippen LogP contribution in [0.15, 0.2) is 45.9 Å². The predicted octanol–water partition coefficient (Wildman–Crippen LogP) is 1.98. The minimum atomic E-state index is -4.80. The Bertz CT molecular complexity index is 1080. The summed E-state index contributed by atoms with van der Waals surface area (Å²) in [5.74, 6) is -0.771. The largest absolute Gasteiger partial charge is 0.468 e. The number of aliphatic imine (C=N–C) groups is 1. The van der Waals surface area contributed by atoms with Crippen LogP contribution in [0.1, 0.15) is 5.01 Å². The van der Waals surface area contributed by atoms with Crippen molar-refractivity contribution in [2.24, 2.45) is 10.7 Å². The summed E-state index contributed by atoms with van der Waals surface area (Å²) in [4.78, 5) is 15.1. The molecular formula is C16H15F3N4O4S2. The average molecular weight is 448 g/mol. The summed E-state index contributed by atoms with van der Waals surface area (Å²) in [6.45, 7) is -0.550. The van der Waals surface area contributed by atoms with Gasteiger partial charge in [0.25, 0.3) is 0 Å². The van der Waals surface area contributed by atoms with Gasteiger partial charge in [0.05, 0.1) is 17.7 Å². The van der Waals surface area contributed by atoms with Crippen LogP contribution in [0.3, 0.4) is 0 Å². The van der Waals surface area contributed by atoms with Crippen molar-refractivity contribution in [3.05, 3.63) is 41.0 Å². The summed E-state index contributed by atoms with van der Waals surface area (Å²) in [7, 11) is -2.36. The topological polar surface area (TPSA) is 125 Å². The van der Waals surface area contributed by atoms with Crippen LogP contribution in [0, 0.1) is 0 Å². The molecule has 2 rings (SSSR count). The van der Waals surface area contributed by atoms with Gasteiger partial charge in [-0.15, -0.1) is 10.2 Å². The van der Waals surface area contributed by atoms with Gasteiger partial charge in [-0.25, -0.2) is 8.42 Å². The van der Waals surface area contributed by atoms with E-state index in [2.05, 4.69) is 19.9 Å². The maximum Gasteiger partial charge on any atom is 0.430 e. The summed E-state index contributed by atoms with van der Waals surface area (Å²) in [5.41, 5.74) is 3.70. The molecular weight excluding hydrogens is 433 g/mol. The standard InChI is InChI=1S/C16H15F3N4O4S2/c1-27-13(24)8-21-11(7-12(20)16(17,18)19)15-23-22-14(28-15)9-4-3-5-10(6-9)29(2,25)26/h3-7H,8,20H2,1-2H3/b12-7-,21-11?. The van der Waals surface area contributed by atoms with Crippen LogP contribution in [0.5, 0.6) is 0 Å². The summed E-state index contributed by atoms with van der Waals surface area (Å²) in [6, 6.07) is 5.84. The van der Waals surface area contributed by atoms with E-state index in [-0.39, 0.29) is 20.6 Å². The number of benzene rings is 1. The van der Waals surface area contributed by atoms with E-state index in [1.807, 2.05) is 0 Å². The fourth-order valence-corrected chi connectivity index (χ4v) is 3.41. The Kier molecular flexibility index (Phi) is 6.74. The molecule has 0 spiro atoms. The number of halogens is 3. The number of carbonyl (C=O) groups is 1. The molecule has 1 heterocycles. The molecule has 0 saturated heterocycles. The van der Waals surface area contributed by atoms with Gasteiger partial charge >= 0.3 is 12.1 Å². The van der Waals surface area contributed by atoms with Crippen LogP contribution >= 0.6 is 11.3 Å². The van der Waals surface area contributed by atoms with Crippen molar-refractivity contribution in [1.29, 1.82) is 0 Å². The molecule has 2 aromatic rings. The molecule has 0 unspecified atom stereocenters. The first-order chi connectivity index (χ1) is 13.4. The van der Waals surface area contributed by atoms with Gasteiger partial charge in [0.15, 0.2) is 14.8 Å². The normalized spacial score (nSPS) is 13.4. The van der Waals surface area contributed by atoms with Crippen LogP contribution in [0.2, 0.25) is 0 Å². The molecule has 13 heteroatoms. The maximum absolute atomic E-state index is 12.8. The molecule has 8 nitrogen and oxygen atoms in total. The Morgan fingerprint density at radius 1 is 1.34 bits per heavy atom. The van der Waals surface area contributed by atoms with E-state index in [0.29, 0.717) is 11.6 Å². The Hall–Kier alpha value is -2.80. The second-order valence-electron chi connectivity index (χ2n) is 5.59. The van der Waals surface area contributed by atoms with Crippen LogP contribution in [-0.4, -0.2) is 56.4 Å². The molecule has 0 saturated carbocycles. The van der Waals surface area contributed by atoms with Crippen molar-refractivity contribution in [3.8, 4) is 10.6 Å². The van der Waals surface area contributed by atoms with Gasteiger partial charge in [-0.3, -0.25) is 9.79 Å². The second-order valence-corrected chi connectivity index (χ2v) is 8.58. The van der Waals surface area contributed by atoms with Gasteiger partial charge < -0.3 is 10.5 Å². The van der Waals surface area contributed by atoms with Crippen LogP contribution < -0.4 is 5.73 Å². The third-order valence-corrected chi connectivity index (χ3v) is 5.48. The summed E-state index contributed by atoms with van der Waals surface area (Å²) < 4.78 is 66.2. The Morgan fingerprint density at radius 2 is 2.03 bits per heavy atom. The molecule has 29 heavy (non-hydrogen) atoms. The number of hydrogen-bond acceptors (Lipinski definition) is 9. The highest BCUT2D eigenvalue weighted by Crippen LogP contribution is 2.27. The van der Waals surface area contributed by atoms with Gasteiger partial charge in [-0.2, -0.15) is 13.2 Å². The number of alkyl halides is 3. The molecule has 0 aliphatic rings. The number of aromatic nitrogens is 2. The van der Waals surface area contributed by atoms with Crippen molar-refractivity contribution in [2.75, 3.05) is 19.9 Å². The molecule has 2 N–H and O–H groups in total. The van der Waals surface area contributed by atoms with E-state index in [0.717, 1.165) is 24.7 Å². The quantitative estimate of drug-likeness (QED) is 0.529. The maximum atomic E-state index is 12.8. The SMILES string of the molecule is COC(=O)CN=C(/C=C(\N)C(F)(F)F)c1nnc(-c2cccc(S(C)(=O)=O)c2)s1. The van der Waals surface area contributed by atoms with Crippen molar-refractivity contribution >= 4 is 32.9 Å². The lowest BCUT2D eigenvalue weighted by molar-refractivity contribution is -0.138. The lowest BCUT2D eigenvalue weighted by atomic mass is 10.2. The zero-order chi connectivity index (χ0) is 21.8. The van der Waals surface area contributed by atoms with Crippen molar-refractivity contribution < 1.29 is 31.1 Å². The zero-order valence-electron chi connectivity index (χ0n) is 15.1. The molecule has 1 aromatic carbocycles. The van der Waals surface area contributed by atoms with E-state index in [1.165, 1.54) is 18.2 Å². The summed E-state index contributed by atoms with van der Waals surface area (Å²) in [5, 5.41) is 7.87. The fourth-order valence-electron chi connectivity index (χ4n) is 1.92. The zero-order valence-corrected chi connectivity index (χ0v) is 16.7. The molecule has 0 amide bonds. The van der Waals surface area contributed by atoms with E-state index in [9.17, 15) is 26.4 Å². The summed E-state index contributed by atoms with van der Waals surface area (Å²) >= 11 is 0.858. The highest BCUT2D eigenvalue weighted by Gasteiger charge is 2.32. The predicted molar refractivity (Wildman–Crippen MR) is 100 cm³/mol. The minimum absolute atomic E-state index is 0.0409. The lowest BCUT2D eigenvalue weighted by Gasteiger charge is -2.06. The molecule has 156 valence electrons. The number of sulfone groups is 1. The number of allylic oxidation sites excluding steroid dienone is 2. The van der Waals surface area contributed by atoms with Gasteiger partial charge in [0, 0.05) is 11.8 Å². The Balaban J connectivity index is 2.47. The van der Waals surface area contributed by atoms with Crippen molar-refractivity contribution in [1.82, 2.24) is 10.2 Å². The van der Waals surface area contributed by atoms with Gasteiger partial charge in [0.2, 0.25) is 0 Å². The monoisotopic (exact) mass is 448 g/mol. The number of ether oxygens (including phenoxy) is 1. The number of rotatable bonds is 6. The van der Waals surface area contributed by atoms with Crippen LogP contribution in [-0.2, 0) is 19.4 Å². The number of methoxy groups -OCH3 is 1. The first-order valence-corrected chi connectivity index (χ1v) is 10.4. The number of hydrogen-bond donors (Lipinski definition) is 1. The average Bonchev–Trinajstić information content (AvgIpc) is 3.13. The number of esters is 1. The molecule has 0 radical (unpaired) electrons. The highest BCUT2D eigenvalue weighted by molar-refractivity contribution is 7.90. The highest BCUT2D eigenvalue weighted by atomic mass is 32.2. The molecule has 0 fully saturated rings. The third kappa shape index (κ3) is 6.09. The Labute approximate surface area is 167 Å². The molecule has 0 aliphatic heterocycles. The van der Waals surface area contributed by atoms with E-state index >= 15 is 0 Å². The number of carbonyl (C=O) groups excluding carboxylic acids is 1. The third-order valence-electron chi connectivity index (χ3n) is 3.38. The first-order valence-electron chi connectivity index (χ1n) is 7.72.